The summed E-state index contributed by atoms with van der Waals surface area (Å²) in [4.78, 5) is 10.2. The minimum absolute atomic E-state index is 0.0498. The van der Waals surface area contributed by atoms with Crippen LogP contribution in [-0.2, 0) is 0 Å². The normalized spacial score (nSPS) is 10.0. The van der Waals surface area contributed by atoms with E-state index >= 15 is 0 Å². The first-order valence-electron chi connectivity index (χ1n) is 6.35. The molecule has 0 saturated carbocycles. The van der Waals surface area contributed by atoms with Crippen molar-refractivity contribution in [3.8, 4) is 0 Å². The zero-order valence-corrected chi connectivity index (χ0v) is 12.5. The first kappa shape index (κ1) is 14.9. The van der Waals surface area contributed by atoms with E-state index < -0.39 is 4.92 Å². The highest BCUT2D eigenvalue weighted by Gasteiger charge is 2.05. The van der Waals surface area contributed by atoms with Gasteiger partial charge in [0.25, 0.3) is 5.69 Å². The van der Waals surface area contributed by atoms with Gasteiger partial charge in [0.05, 0.1) is 4.92 Å². The first-order chi connectivity index (χ1) is 9.94. The number of anilines is 2. The van der Waals surface area contributed by atoms with Crippen molar-refractivity contribution in [1.82, 2.24) is 0 Å². The average Bonchev–Trinajstić information content (AvgIpc) is 2.37. The van der Waals surface area contributed by atoms with E-state index in [0.717, 1.165) is 16.8 Å². The van der Waals surface area contributed by atoms with Crippen molar-refractivity contribution < 1.29 is 4.92 Å². The van der Waals surface area contributed by atoms with E-state index in [9.17, 15) is 10.1 Å². The van der Waals surface area contributed by atoms with Crippen molar-refractivity contribution >= 4 is 34.4 Å². The second-order valence-corrected chi connectivity index (χ2v) is 5.17. The zero-order valence-electron chi connectivity index (χ0n) is 11.7. The lowest BCUT2D eigenvalue weighted by Crippen LogP contribution is -2.19. The second kappa shape index (κ2) is 6.32. The van der Waals surface area contributed by atoms with Gasteiger partial charge in [0.1, 0.15) is 0 Å². The maximum atomic E-state index is 10.6. The number of nitro benzene ring substituents is 1. The van der Waals surface area contributed by atoms with Crippen LogP contribution in [0.15, 0.2) is 42.5 Å². The molecule has 0 bridgehead atoms. The molecule has 21 heavy (non-hydrogen) atoms. The maximum Gasteiger partial charge on any atom is 0.269 e. The van der Waals surface area contributed by atoms with Crippen LogP contribution in [0.25, 0.3) is 0 Å². The van der Waals surface area contributed by atoms with Crippen LogP contribution < -0.4 is 10.6 Å². The van der Waals surface area contributed by atoms with E-state index in [2.05, 4.69) is 16.7 Å². The Morgan fingerprint density at radius 1 is 1.00 bits per heavy atom. The second-order valence-electron chi connectivity index (χ2n) is 4.76. The van der Waals surface area contributed by atoms with Crippen LogP contribution in [0.4, 0.5) is 17.1 Å². The van der Waals surface area contributed by atoms with Crippen molar-refractivity contribution in [3.05, 3.63) is 63.7 Å². The molecule has 0 heterocycles. The van der Waals surface area contributed by atoms with E-state index in [0.29, 0.717) is 10.8 Å². The third-order valence-electron chi connectivity index (χ3n) is 2.82. The summed E-state index contributed by atoms with van der Waals surface area (Å²) in [5.74, 6) is 0. The fourth-order valence-electron chi connectivity index (χ4n) is 2.01. The Labute approximate surface area is 128 Å². The zero-order chi connectivity index (χ0) is 15.4. The molecule has 0 saturated heterocycles. The summed E-state index contributed by atoms with van der Waals surface area (Å²) >= 11 is 5.23. The number of hydrogen-bond acceptors (Lipinski definition) is 3. The monoisotopic (exact) mass is 301 g/mol. The molecule has 0 radical (unpaired) electrons. The predicted molar refractivity (Wildman–Crippen MR) is 88.9 cm³/mol. The summed E-state index contributed by atoms with van der Waals surface area (Å²) in [5, 5.41) is 17.1. The average molecular weight is 301 g/mol. The maximum absolute atomic E-state index is 10.6. The Kier molecular flexibility index (Phi) is 4.49. The topological polar surface area (TPSA) is 67.2 Å². The summed E-state index contributed by atoms with van der Waals surface area (Å²) in [6, 6.07) is 12.2. The van der Waals surface area contributed by atoms with Gasteiger partial charge in [-0.1, -0.05) is 6.07 Å². The van der Waals surface area contributed by atoms with Crippen LogP contribution in [0.2, 0.25) is 0 Å². The van der Waals surface area contributed by atoms with Crippen LogP contribution in [0.5, 0.6) is 0 Å². The number of non-ortho nitro benzene ring substituents is 1. The lowest BCUT2D eigenvalue weighted by Gasteiger charge is -2.11. The molecule has 0 aliphatic carbocycles. The van der Waals surface area contributed by atoms with Crippen molar-refractivity contribution in [1.29, 1.82) is 0 Å². The number of nitrogens with one attached hydrogen (secondary N) is 2. The summed E-state index contributed by atoms with van der Waals surface area (Å²) < 4.78 is 0. The van der Waals surface area contributed by atoms with Gasteiger partial charge in [-0.05, 0) is 61.5 Å². The number of thiocarbonyl (C=S) groups is 1. The fraction of sp³-hybridized carbons (Fsp3) is 0.133. The number of nitro groups is 1. The molecule has 2 N–H and O–H groups in total. The molecule has 5 nitrogen and oxygen atoms in total. The summed E-state index contributed by atoms with van der Waals surface area (Å²) in [6.45, 7) is 4.04. The molecular formula is C15H15N3O2S. The number of nitrogens with zero attached hydrogens (tertiary/aromatic N) is 1. The van der Waals surface area contributed by atoms with Gasteiger partial charge in [-0.25, -0.2) is 0 Å². The summed E-state index contributed by atoms with van der Waals surface area (Å²) in [6.07, 6.45) is 0. The van der Waals surface area contributed by atoms with Gasteiger partial charge in [0.2, 0.25) is 0 Å². The molecule has 0 atom stereocenters. The highest BCUT2D eigenvalue weighted by atomic mass is 32.1. The highest BCUT2D eigenvalue weighted by molar-refractivity contribution is 7.80. The Hall–Kier alpha value is -2.47. The SMILES string of the molecule is Cc1cc(C)cc(NC(=S)Nc2ccc([N+](=O)[O-])cc2)c1. The molecule has 0 spiro atoms. The van der Waals surface area contributed by atoms with Crippen molar-refractivity contribution in [2.45, 2.75) is 13.8 Å². The van der Waals surface area contributed by atoms with E-state index in [1.54, 1.807) is 12.1 Å². The van der Waals surface area contributed by atoms with E-state index in [1.165, 1.54) is 12.1 Å². The molecule has 2 aromatic carbocycles. The molecule has 0 aliphatic heterocycles. The predicted octanol–water partition coefficient (Wildman–Crippen LogP) is 4.02. The molecule has 108 valence electrons. The van der Waals surface area contributed by atoms with Crippen LogP contribution in [0.1, 0.15) is 11.1 Å². The van der Waals surface area contributed by atoms with Crippen molar-refractivity contribution in [2.75, 3.05) is 10.6 Å². The van der Waals surface area contributed by atoms with Gasteiger partial charge in [0.15, 0.2) is 5.11 Å². The molecule has 6 heteroatoms. The molecular weight excluding hydrogens is 286 g/mol. The number of aryl methyl sites for hydroxylation is 2. The Balaban J connectivity index is 2.02. The van der Waals surface area contributed by atoms with E-state index in [4.69, 9.17) is 12.2 Å². The molecule has 0 amide bonds. The van der Waals surface area contributed by atoms with Crippen LogP contribution in [0, 0.1) is 24.0 Å². The number of benzene rings is 2. The van der Waals surface area contributed by atoms with Crippen LogP contribution in [0.3, 0.4) is 0 Å². The number of rotatable bonds is 3. The Bertz CT molecular complexity index is 664. The van der Waals surface area contributed by atoms with Crippen LogP contribution in [-0.4, -0.2) is 10.0 Å². The van der Waals surface area contributed by atoms with Gasteiger partial charge in [-0.15, -0.1) is 0 Å². The third kappa shape index (κ3) is 4.25. The Morgan fingerprint density at radius 2 is 1.52 bits per heavy atom. The lowest BCUT2D eigenvalue weighted by atomic mass is 10.1. The lowest BCUT2D eigenvalue weighted by molar-refractivity contribution is -0.384. The minimum atomic E-state index is -0.435. The third-order valence-corrected chi connectivity index (χ3v) is 3.02. The van der Waals surface area contributed by atoms with Gasteiger partial charge in [-0.3, -0.25) is 10.1 Å². The smallest absolute Gasteiger partial charge is 0.269 e. The Morgan fingerprint density at radius 3 is 2.05 bits per heavy atom. The van der Waals surface area contributed by atoms with E-state index in [-0.39, 0.29) is 5.69 Å². The van der Waals surface area contributed by atoms with Crippen molar-refractivity contribution in [2.24, 2.45) is 0 Å². The largest absolute Gasteiger partial charge is 0.332 e. The van der Waals surface area contributed by atoms with Gasteiger partial charge in [-0.2, -0.15) is 0 Å². The standard InChI is InChI=1S/C15H15N3O2S/c1-10-7-11(2)9-13(8-10)17-15(21)16-12-3-5-14(6-4-12)18(19)20/h3-9H,1-2H3,(H2,16,17,21). The molecule has 0 aliphatic rings. The highest BCUT2D eigenvalue weighted by Crippen LogP contribution is 2.17. The van der Waals surface area contributed by atoms with Gasteiger partial charge >= 0.3 is 0 Å². The molecule has 0 fully saturated rings. The van der Waals surface area contributed by atoms with Crippen LogP contribution >= 0.6 is 12.2 Å². The molecule has 2 aromatic rings. The van der Waals surface area contributed by atoms with Crippen molar-refractivity contribution in [3.63, 3.8) is 0 Å². The molecule has 2 rings (SSSR count). The number of hydrogen-bond donors (Lipinski definition) is 2. The molecule has 0 unspecified atom stereocenters. The van der Waals surface area contributed by atoms with E-state index in [1.807, 2.05) is 26.0 Å². The quantitative estimate of drug-likeness (QED) is 0.509. The summed E-state index contributed by atoms with van der Waals surface area (Å²) in [5.41, 5.74) is 3.95. The summed E-state index contributed by atoms with van der Waals surface area (Å²) in [7, 11) is 0. The van der Waals surface area contributed by atoms with Gasteiger partial charge in [0, 0.05) is 23.5 Å². The first-order valence-corrected chi connectivity index (χ1v) is 6.75. The molecule has 0 aromatic heterocycles. The van der Waals surface area contributed by atoms with Gasteiger partial charge < -0.3 is 10.6 Å². The minimum Gasteiger partial charge on any atom is -0.332 e. The fourth-order valence-corrected chi connectivity index (χ4v) is 2.24.